The SMILES string of the molecule is CNCc1ccc(CO)c(C[C@H]2CN=C(N)N[C@@]23CCCC2=C4C[C@H]5C[C@H](CO)[C@@H](CCCO)[C@]4(CC2=O)[C@@]5(C)CCSSC32CCCCC2)c1. The molecule has 6 aliphatic rings. The number of Topliss-reactive ketones (excluding diaryl/α,β-unsaturated/α-hetero) is 1. The molecule has 0 saturated heterocycles. The molecule has 2 aliphatic heterocycles. The van der Waals surface area contributed by atoms with Crippen molar-refractivity contribution >= 4 is 33.3 Å². The number of rotatable bonds is 9. The molecule has 0 unspecified atom stereocenters. The zero-order valence-corrected chi connectivity index (χ0v) is 32.6. The molecule has 0 aromatic heterocycles. The Bertz CT molecular complexity index is 1510. The number of carbonyl (C=O) groups excluding carboxylic acids is 1. The third kappa shape index (κ3) is 6.24. The predicted molar refractivity (Wildman–Crippen MR) is 209 cm³/mol. The van der Waals surface area contributed by atoms with Crippen LogP contribution in [0, 0.1) is 34.5 Å². The molecule has 2 heterocycles. The van der Waals surface area contributed by atoms with Crippen LogP contribution in [-0.4, -0.2) is 69.9 Å². The monoisotopic (exact) mass is 738 g/mol. The highest BCUT2D eigenvalue weighted by atomic mass is 33.1. The zero-order chi connectivity index (χ0) is 35.9. The van der Waals surface area contributed by atoms with Gasteiger partial charge in [0.25, 0.3) is 0 Å². The summed E-state index contributed by atoms with van der Waals surface area (Å²) in [6.07, 6.45) is 14.6. The van der Waals surface area contributed by atoms with Crippen LogP contribution in [0.25, 0.3) is 0 Å². The number of benzene rings is 1. The van der Waals surface area contributed by atoms with Crippen LogP contribution >= 0.6 is 21.6 Å². The molecule has 51 heavy (non-hydrogen) atoms. The molecule has 5 bridgehead atoms. The van der Waals surface area contributed by atoms with Gasteiger partial charge in [-0.1, -0.05) is 71.5 Å². The fourth-order valence-electron chi connectivity index (χ4n) is 12.6. The third-order valence-electron chi connectivity index (χ3n) is 15.0. The number of nitrogens with zero attached hydrogens (tertiary/aromatic N) is 1. The molecule has 3 saturated carbocycles. The average Bonchev–Trinajstić information content (AvgIpc) is 3.47. The van der Waals surface area contributed by atoms with Crippen LogP contribution in [0.4, 0.5) is 0 Å². The summed E-state index contributed by atoms with van der Waals surface area (Å²) in [5.74, 6) is 2.99. The van der Waals surface area contributed by atoms with Crippen LogP contribution in [0.5, 0.6) is 0 Å². The molecule has 0 radical (unpaired) electrons. The van der Waals surface area contributed by atoms with E-state index in [4.69, 9.17) is 10.7 Å². The van der Waals surface area contributed by atoms with E-state index in [2.05, 4.69) is 57.3 Å². The summed E-state index contributed by atoms with van der Waals surface area (Å²) in [5.41, 5.74) is 12.1. The Morgan fingerprint density at radius 2 is 1.90 bits per heavy atom. The number of fused-ring (bicyclic) bond motifs is 1. The van der Waals surface area contributed by atoms with Gasteiger partial charge in [-0.3, -0.25) is 9.79 Å². The van der Waals surface area contributed by atoms with Gasteiger partial charge in [0.15, 0.2) is 11.7 Å². The van der Waals surface area contributed by atoms with Crippen molar-refractivity contribution in [1.82, 2.24) is 10.6 Å². The van der Waals surface area contributed by atoms with E-state index in [1.807, 2.05) is 7.05 Å². The molecule has 7 atom stereocenters. The number of nitrogens with one attached hydrogen (secondary N) is 2. The number of allylic oxidation sites excluding steroid dienone is 2. The van der Waals surface area contributed by atoms with E-state index in [9.17, 15) is 20.1 Å². The molecular weight excluding hydrogens is 677 g/mol. The van der Waals surface area contributed by atoms with Gasteiger partial charge >= 0.3 is 0 Å². The first-order valence-electron chi connectivity index (χ1n) is 19.9. The van der Waals surface area contributed by atoms with Gasteiger partial charge < -0.3 is 31.7 Å². The maximum Gasteiger partial charge on any atom is 0.189 e. The molecule has 282 valence electrons. The molecule has 7 N–H and O–H groups in total. The maximum atomic E-state index is 14.4. The maximum absolute atomic E-state index is 14.4. The summed E-state index contributed by atoms with van der Waals surface area (Å²) in [6, 6.07) is 6.48. The van der Waals surface area contributed by atoms with Gasteiger partial charge in [-0.05, 0) is 123 Å². The van der Waals surface area contributed by atoms with Gasteiger partial charge in [0.2, 0.25) is 0 Å². The molecular formula is C41H62N4O4S2. The quantitative estimate of drug-likeness (QED) is 0.167. The predicted octanol–water partition coefficient (Wildman–Crippen LogP) is 6.05. The molecule has 1 aromatic rings. The van der Waals surface area contributed by atoms with Crippen molar-refractivity contribution in [3.63, 3.8) is 0 Å². The summed E-state index contributed by atoms with van der Waals surface area (Å²) >= 11 is 0. The average molecular weight is 739 g/mol. The molecule has 8 nitrogen and oxygen atoms in total. The highest BCUT2D eigenvalue weighted by Gasteiger charge is 2.70. The number of ketones is 1. The van der Waals surface area contributed by atoms with E-state index in [1.54, 1.807) is 0 Å². The highest BCUT2D eigenvalue weighted by molar-refractivity contribution is 8.77. The second kappa shape index (κ2) is 15.3. The number of hydrogen-bond acceptors (Lipinski definition) is 10. The Hall–Kier alpha value is -1.56. The lowest BCUT2D eigenvalue weighted by Crippen LogP contribution is -2.71. The van der Waals surface area contributed by atoms with Gasteiger partial charge in [0.05, 0.1) is 12.1 Å². The normalized spacial score (nSPS) is 36.4. The minimum Gasteiger partial charge on any atom is -0.396 e. The Labute approximate surface area is 313 Å². The fraction of sp³-hybridized carbons (Fsp3) is 0.756. The second-order valence-electron chi connectivity index (χ2n) is 17.1. The van der Waals surface area contributed by atoms with Gasteiger partial charge in [0, 0.05) is 54.6 Å². The standard InChI is InChI=1S/C41H62N4O4S2/c1-38-15-17-50-51-39(12-4-3-5-13-39)41(32(24-44-37(42)45-41)19-29-18-27(23-43-2)10-11-28(29)25-47)14-6-8-33-35-21-31(38)20-30(26-48)34(9-7-16-46)40(35,38)22-36(33)49/h10-11,18,30-32,34,43,46-48H,3-9,12-17,19-26H2,1-2H3,(H3,42,44,45)/t30-,31-,32+,34-,38+,40+,41+/m1/s1. The first kappa shape index (κ1) is 37.7. The number of guanidine groups is 1. The lowest BCUT2D eigenvalue weighted by atomic mass is 9.47. The first-order valence-corrected chi connectivity index (χ1v) is 22.2. The number of nitrogens with two attached hydrogens (primary N) is 1. The van der Waals surface area contributed by atoms with E-state index in [-0.39, 0.29) is 58.7 Å². The van der Waals surface area contributed by atoms with Crippen molar-refractivity contribution < 1.29 is 20.1 Å². The second-order valence-corrected chi connectivity index (χ2v) is 19.9. The van der Waals surface area contributed by atoms with Crippen molar-refractivity contribution in [2.75, 3.05) is 32.6 Å². The van der Waals surface area contributed by atoms with Crippen molar-refractivity contribution in [2.45, 2.75) is 127 Å². The van der Waals surface area contributed by atoms with E-state index in [0.29, 0.717) is 30.6 Å². The highest BCUT2D eigenvalue weighted by Crippen LogP contribution is 2.75. The van der Waals surface area contributed by atoms with Crippen LogP contribution in [0.1, 0.15) is 114 Å². The molecule has 10 heteroatoms. The molecule has 0 amide bonds. The smallest absolute Gasteiger partial charge is 0.189 e. The fourth-order valence-corrected chi connectivity index (χ4v) is 16.5. The van der Waals surface area contributed by atoms with E-state index in [1.165, 1.54) is 36.0 Å². The lowest BCUT2D eigenvalue weighted by Gasteiger charge is -2.58. The largest absolute Gasteiger partial charge is 0.396 e. The van der Waals surface area contributed by atoms with Gasteiger partial charge in [0.1, 0.15) is 0 Å². The van der Waals surface area contributed by atoms with Gasteiger partial charge in [-0.2, -0.15) is 0 Å². The number of carbonyl (C=O) groups is 1. The molecule has 3 fully saturated rings. The van der Waals surface area contributed by atoms with Crippen molar-refractivity contribution in [3.05, 3.63) is 46.0 Å². The van der Waals surface area contributed by atoms with Crippen molar-refractivity contribution in [1.29, 1.82) is 0 Å². The van der Waals surface area contributed by atoms with Crippen LogP contribution < -0.4 is 16.4 Å². The minimum absolute atomic E-state index is 0.00628. The molecule has 7 rings (SSSR count). The van der Waals surface area contributed by atoms with Crippen LogP contribution in [0.3, 0.4) is 0 Å². The molecule has 4 aliphatic carbocycles. The number of aliphatic imine (C=N–C) groups is 1. The number of hydrogen-bond donors (Lipinski definition) is 6. The summed E-state index contributed by atoms with van der Waals surface area (Å²) in [6.45, 7) is 4.27. The van der Waals surface area contributed by atoms with Gasteiger partial charge in [-0.15, -0.1) is 0 Å². The lowest BCUT2D eigenvalue weighted by molar-refractivity contribution is -0.125. The summed E-state index contributed by atoms with van der Waals surface area (Å²) in [7, 11) is 6.16. The number of aliphatic hydroxyl groups is 3. The van der Waals surface area contributed by atoms with Crippen molar-refractivity contribution in [2.24, 2.45) is 45.2 Å². The third-order valence-corrected chi connectivity index (χ3v) is 18.4. The molecule has 3 spiro atoms. The summed E-state index contributed by atoms with van der Waals surface area (Å²) in [5, 5.41) is 38.4. The topological polar surface area (TPSA) is 140 Å². The minimum atomic E-state index is -0.314. The van der Waals surface area contributed by atoms with E-state index >= 15 is 0 Å². The van der Waals surface area contributed by atoms with Crippen LogP contribution in [0.2, 0.25) is 0 Å². The summed E-state index contributed by atoms with van der Waals surface area (Å²) < 4.78 is -0.0439. The zero-order valence-electron chi connectivity index (χ0n) is 31.0. The first-order chi connectivity index (χ1) is 24.7. The Morgan fingerprint density at radius 3 is 2.65 bits per heavy atom. The van der Waals surface area contributed by atoms with E-state index in [0.717, 1.165) is 94.1 Å². The number of aliphatic hydroxyl groups excluding tert-OH is 3. The van der Waals surface area contributed by atoms with Crippen molar-refractivity contribution in [3.8, 4) is 0 Å². The molecule has 1 aromatic carbocycles. The van der Waals surface area contributed by atoms with E-state index < -0.39 is 0 Å². The van der Waals surface area contributed by atoms with Crippen LogP contribution in [-0.2, 0) is 24.4 Å². The van der Waals surface area contributed by atoms with Gasteiger partial charge in [-0.25, -0.2) is 0 Å². The Morgan fingerprint density at radius 1 is 1.08 bits per heavy atom. The van der Waals surface area contributed by atoms with Crippen LogP contribution in [0.15, 0.2) is 34.3 Å². The Kier molecular flexibility index (Phi) is 11.3. The summed E-state index contributed by atoms with van der Waals surface area (Å²) in [4.78, 5) is 19.2. The Balaban J connectivity index is 1.30.